The Morgan fingerprint density at radius 3 is 2.71 bits per heavy atom. The van der Waals surface area contributed by atoms with Crippen LogP contribution in [0.15, 0.2) is 40.9 Å². The number of aryl methyl sites for hydroxylation is 2. The number of carbonyl (C=O) groups excluding carboxylic acids is 1. The first kappa shape index (κ1) is 14.2. The second kappa shape index (κ2) is 5.58. The van der Waals surface area contributed by atoms with Crippen LogP contribution in [-0.2, 0) is 0 Å². The van der Waals surface area contributed by atoms with Gasteiger partial charge in [-0.3, -0.25) is 10.1 Å². The molecular weight excluding hydrogens is 348 g/mol. The molecule has 1 amide bonds. The first-order chi connectivity index (χ1) is 10.0. The Morgan fingerprint density at radius 2 is 1.95 bits per heavy atom. The van der Waals surface area contributed by atoms with E-state index in [-0.39, 0.29) is 5.91 Å². The van der Waals surface area contributed by atoms with Crippen LogP contribution in [0.2, 0.25) is 0 Å². The van der Waals surface area contributed by atoms with Crippen molar-refractivity contribution >= 4 is 48.5 Å². The van der Waals surface area contributed by atoms with Gasteiger partial charge in [0.1, 0.15) is 0 Å². The zero-order valence-electron chi connectivity index (χ0n) is 11.6. The van der Waals surface area contributed by atoms with Crippen molar-refractivity contribution in [1.29, 1.82) is 0 Å². The normalized spacial score (nSPS) is 10.8. The van der Waals surface area contributed by atoms with E-state index in [1.165, 1.54) is 16.9 Å². The highest BCUT2D eigenvalue weighted by atomic mass is 79.9. The third-order valence-corrected chi connectivity index (χ3v) is 4.46. The average Bonchev–Trinajstić information content (AvgIpc) is 2.78. The quantitative estimate of drug-likeness (QED) is 0.703. The lowest BCUT2D eigenvalue weighted by Crippen LogP contribution is -2.11. The van der Waals surface area contributed by atoms with Crippen molar-refractivity contribution in [2.24, 2.45) is 0 Å². The van der Waals surface area contributed by atoms with E-state index in [1.54, 1.807) is 6.07 Å². The maximum atomic E-state index is 12.3. The van der Waals surface area contributed by atoms with Gasteiger partial charge in [0, 0.05) is 10.0 Å². The summed E-state index contributed by atoms with van der Waals surface area (Å²) in [6.45, 7) is 4.00. The second-order valence-electron chi connectivity index (χ2n) is 4.96. The van der Waals surface area contributed by atoms with Gasteiger partial charge in [-0.1, -0.05) is 33.3 Å². The van der Waals surface area contributed by atoms with Gasteiger partial charge in [-0.2, -0.15) is 0 Å². The highest BCUT2D eigenvalue weighted by Crippen LogP contribution is 2.27. The van der Waals surface area contributed by atoms with Crippen LogP contribution in [0.5, 0.6) is 0 Å². The summed E-state index contributed by atoms with van der Waals surface area (Å²) in [5, 5.41) is 3.49. The van der Waals surface area contributed by atoms with Gasteiger partial charge < -0.3 is 0 Å². The van der Waals surface area contributed by atoms with Gasteiger partial charge in [0.05, 0.1) is 10.2 Å². The molecule has 106 valence electrons. The Balaban J connectivity index is 1.88. The number of amides is 1. The third-order valence-electron chi connectivity index (χ3n) is 3.07. The lowest BCUT2D eigenvalue weighted by molar-refractivity contribution is 0.102. The van der Waals surface area contributed by atoms with Crippen LogP contribution in [0.4, 0.5) is 5.13 Å². The predicted octanol–water partition coefficient (Wildman–Crippen LogP) is 4.93. The summed E-state index contributed by atoms with van der Waals surface area (Å²) < 4.78 is 1.98. The lowest BCUT2D eigenvalue weighted by atomic mass is 10.1. The first-order valence-electron chi connectivity index (χ1n) is 6.47. The van der Waals surface area contributed by atoms with Gasteiger partial charge in [-0.05, 0) is 55.3 Å². The van der Waals surface area contributed by atoms with Crippen molar-refractivity contribution in [2.45, 2.75) is 13.8 Å². The Hall–Kier alpha value is -1.72. The van der Waals surface area contributed by atoms with Crippen LogP contribution in [0, 0.1) is 13.8 Å². The number of carbonyl (C=O) groups is 1. The van der Waals surface area contributed by atoms with Gasteiger partial charge in [0.15, 0.2) is 5.13 Å². The molecule has 1 aromatic heterocycles. The monoisotopic (exact) mass is 360 g/mol. The molecule has 0 atom stereocenters. The Labute approximate surface area is 135 Å². The molecule has 21 heavy (non-hydrogen) atoms. The minimum Gasteiger partial charge on any atom is -0.298 e. The smallest absolute Gasteiger partial charge is 0.257 e. The number of halogens is 1. The summed E-state index contributed by atoms with van der Waals surface area (Å²) in [7, 11) is 0. The molecule has 3 aromatic rings. The van der Waals surface area contributed by atoms with Gasteiger partial charge in [0.25, 0.3) is 5.91 Å². The summed E-state index contributed by atoms with van der Waals surface area (Å²) >= 11 is 4.90. The number of fused-ring (bicyclic) bond motifs is 1. The fourth-order valence-corrected chi connectivity index (χ4v) is 3.69. The summed E-state index contributed by atoms with van der Waals surface area (Å²) in [6, 6.07) is 11.7. The number of aromatic nitrogens is 1. The van der Waals surface area contributed by atoms with E-state index in [4.69, 9.17) is 0 Å². The molecule has 0 radical (unpaired) electrons. The standard InChI is InChI=1S/C16H13BrN2OS/c1-9-3-4-13-14(7-9)21-16(18-13)19-15(20)11-5-10(2)6-12(17)8-11/h3-8H,1-2H3,(H,18,19,20). The van der Waals surface area contributed by atoms with E-state index in [0.29, 0.717) is 10.7 Å². The molecule has 0 aliphatic heterocycles. The van der Waals surface area contributed by atoms with Gasteiger partial charge in [-0.25, -0.2) is 4.98 Å². The number of hydrogen-bond donors (Lipinski definition) is 1. The molecule has 1 N–H and O–H groups in total. The number of nitrogens with zero attached hydrogens (tertiary/aromatic N) is 1. The number of nitrogens with one attached hydrogen (secondary N) is 1. The van der Waals surface area contributed by atoms with Crippen molar-refractivity contribution < 1.29 is 4.79 Å². The van der Waals surface area contributed by atoms with Crippen LogP contribution in [-0.4, -0.2) is 10.9 Å². The molecule has 2 aromatic carbocycles. The van der Waals surface area contributed by atoms with Crippen molar-refractivity contribution in [3.63, 3.8) is 0 Å². The van der Waals surface area contributed by atoms with E-state index in [1.807, 2.05) is 38.1 Å². The summed E-state index contributed by atoms with van der Waals surface area (Å²) in [6.07, 6.45) is 0. The maximum absolute atomic E-state index is 12.3. The van der Waals surface area contributed by atoms with Crippen LogP contribution in [0.25, 0.3) is 10.2 Å². The van der Waals surface area contributed by atoms with Crippen LogP contribution in [0.1, 0.15) is 21.5 Å². The highest BCUT2D eigenvalue weighted by Gasteiger charge is 2.11. The minimum atomic E-state index is -0.143. The molecular formula is C16H13BrN2OS. The van der Waals surface area contributed by atoms with Crippen molar-refractivity contribution in [1.82, 2.24) is 4.98 Å². The molecule has 0 spiro atoms. The largest absolute Gasteiger partial charge is 0.298 e. The highest BCUT2D eigenvalue weighted by molar-refractivity contribution is 9.10. The zero-order chi connectivity index (χ0) is 15.0. The molecule has 0 saturated heterocycles. The van der Waals surface area contributed by atoms with E-state index >= 15 is 0 Å². The number of hydrogen-bond acceptors (Lipinski definition) is 3. The first-order valence-corrected chi connectivity index (χ1v) is 8.08. The summed E-state index contributed by atoms with van der Waals surface area (Å²) in [5.41, 5.74) is 3.75. The van der Waals surface area contributed by atoms with Crippen molar-refractivity contribution in [2.75, 3.05) is 5.32 Å². The number of rotatable bonds is 2. The number of thiazole rings is 1. The van der Waals surface area contributed by atoms with E-state index in [2.05, 4.69) is 32.3 Å². The Morgan fingerprint density at radius 1 is 1.14 bits per heavy atom. The summed E-state index contributed by atoms with van der Waals surface area (Å²) in [4.78, 5) is 16.7. The van der Waals surface area contributed by atoms with E-state index in [9.17, 15) is 4.79 Å². The van der Waals surface area contributed by atoms with Gasteiger partial charge in [-0.15, -0.1) is 0 Å². The third kappa shape index (κ3) is 3.14. The molecule has 0 fully saturated rings. The number of benzene rings is 2. The molecule has 3 rings (SSSR count). The lowest BCUT2D eigenvalue weighted by Gasteiger charge is -2.03. The zero-order valence-corrected chi connectivity index (χ0v) is 14.0. The molecule has 1 heterocycles. The average molecular weight is 361 g/mol. The molecule has 0 bridgehead atoms. The molecule has 3 nitrogen and oxygen atoms in total. The van der Waals surface area contributed by atoms with Crippen LogP contribution < -0.4 is 5.32 Å². The fourth-order valence-electron chi connectivity index (χ4n) is 2.12. The van der Waals surface area contributed by atoms with Crippen LogP contribution >= 0.6 is 27.3 Å². The number of anilines is 1. The second-order valence-corrected chi connectivity index (χ2v) is 6.91. The topological polar surface area (TPSA) is 42.0 Å². The van der Waals surface area contributed by atoms with Gasteiger partial charge in [0.2, 0.25) is 0 Å². The summed E-state index contributed by atoms with van der Waals surface area (Å²) in [5.74, 6) is -0.143. The molecule has 5 heteroatoms. The molecule has 0 aliphatic carbocycles. The predicted molar refractivity (Wildman–Crippen MR) is 91.2 cm³/mol. The molecule has 0 aliphatic rings. The van der Waals surface area contributed by atoms with Crippen molar-refractivity contribution in [3.8, 4) is 0 Å². The Kier molecular flexibility index (Phi) is 3.78. The molecule has 0 unspecified atom stereocenters. The van der Waals surface area contributed by atoms with Gasteiger partial charge >= 0.3 is 0 Å². The fraction of sp³-hybridized carbons (Fsp3) is 0.125. The Bertz CT molecular complexity index is 821. The van der Waals surface area contributed by atoms with Crippen molar-refractivity contribution in [3.05, 3.63) is 57.6 Å². The minimum absolute atomic E-state index is 0.143. The van der Waals surface area contributed by atoms with E-state index in [0.717, 1.165) is 20.3 Å². The maximum Gasteiger partial charge on any atom is 0.257 e. The van der Waals surface area contributed by atoms with E-state index < -0.39 is 0 Å². The SMILES string of the molecule is Cc1cc(Br)cc(C(=O)Nc2nc3ccc(C)cc3s2)c1. The van der Waals surface area contributed by atoms with Crippen LogP contribution in [0.3, 0.4) is 0 Å². The molecule has 0 saturated carbocycles.